The molecule has 1 aromatic rings. The molecule has 4 atom stereocenters. The molecule has 8 heteroatoms. The second-order valence-electron chi connectivity index (χ2n) is 8.86. The third kappa shape index (κ3) is 6.76. The van der Waals surface area contributed by atoms with Crippen molar-refractivity contribution in [2.75, 3.05) is 11.9 Å². The molecule has 32 heavy (non-hydrogen) atoms. The second-order valence-corrected chi connectivity index (χ2v) is 8.86. The van der Waals surface area contributed by atoms with Crippen LogP contribution < -0.4 is 10.6 Å². The number of aliphatic imine (C=N–C) groups is 1. The average molecular weight is 444 g/mol. The molecule has 176 valence electrons. The van der Waals surface area contributed by atoms with Crippen molar-refractivity contribution < 1.29 is 14.6 Å². The zero-order chi connectivity index (χ0) is 22.9. The summed E-state index contributed by atoms with van der Waals surface area (Å²) in [5, 5.41) is 15.6. The maximum absolute atomic E-state index is 11.3. The van der Waals surface area contributed by atoms with Gasteiger partial charge in [-0.25, -0.2) is 9.97 Å². The molecule has 1 saturated heterocycles. The topological polar surface area (TPSA) is 109 Å². The van der Waals surface area contributed by atoms with E-state index in [2.05, 4.69) is 32.2 Å². The number of aromatic nitrogens is 2. The van der Waals surface area contributed by atoms with Gasteiger partial charge in [0.2, 0.25) is 0 Å². The Kier molecular flexibility index (Phi) is 9.02. The average Bonchev–Trinajstić information content (AvgIpc) is 3.40. The van der Waals surface area contributed by atoms with Gasteiger partial charge in [-0.2, -0.15) is 0 Å². The minimum absolute atomic E-state index is 0.136. The van der Waals surface area contributed by atoms with Crippen molar-refractivity contribution in [3.63, 3.8) is 0 Å². The minimum Gasteiger partial charge on any atom is -0.481 e. The van der Waals surface area contributed by atoms with Crippen LogP contribution in [0.1, 0.15) is 70.4 Å². The lowest BCUT2D eigenvalue weighted by Gasteiger charge is -2.17. The van der Waals surface area contributed by atoms with Crippen LogP contribution >= 0.6 is 0 Å². The Morgan fingerprint density at radius 2 is 2.09 bits per heavy atom. The summed E-state index contributed by atoms with van der Waals surface area (Å²) in [5.74, 6) is 0.905. The van der Waals surface area contributed by atoms with Gasteiger partial charge in [-0.15, -0.1) is 0 Å². The zero-order valence-electron chi connectivity index (χ0n) is 19.3. The number of carboxylic acids is 1. The van der Waals surface area contributed by atoms with Gasteiger partial charge in [-0.1, -0.05) is 19.4 Å². The normalized spacial score (nSPS) is 25.3. The zero-order valence-corrected chi connectivity index (χ0v) is 19.3. The molecule has 0 amide bonds. The Hall–Kier alpha value is -2.48. The van der Waals surface area contributed by atoms with E-state index in [-0.39, 0.29) is 18.1 Å². The maximum Gasteiger partial charge on any atom is 0.306 e. The van der Waals surface area contributed by atoms with Crippen molar-refractivity contribution in [2.24, 2.45) is 16.8 Å². The number of hydrogen-bond donors (Lipinski definition) is 3. The van der Waals surface area contributed by atoms with E-state index in [0.717, 1.165) is 70.0 Å². The predicted octanol–water partition coefficient (Wildman–Crippen LogP) is 4.59. The van der Waals surface area contributed by atoms with Gasteiger partial charge in [0.15, 0.2) is 5.82 Å². The van der Waals surface area contributed by atoms with E-state index in [0.29, 0.717) is 23.2 Å². The quantitative estimate of drug-likeness (QED) is 0.405. The molecule has 0 spiro atoms. The summed E-state index contributed by atoms with van der Waals surface area (Å²) in [6.45, 7) is 8.64. The van der Waals surface area contributed by atoms with E-state index < -0.39 is 5.97 Å². The van der Waals surface area contributed by atoms with Gasteiger partial charge in [-0.05, 0) is 58.3 Å². The molecule has 3 N–H and O–H groups in total. The number of aryl methyl sites for hydroxylation is 1. The Balaban J connectivity index is 1.43. The summed E-state index contributed by atoms with van der Waals surface area (Å²) in [6, 6.07) is 0. The second kappa shape index (κ2) is 11.9. The highest BCUT2D eigenvalue weighted by molar-refractivity contribution is 5.72. The fraction of sp³-hybridized carbons (Fsp3) is 0.667. The van der Waals surface area contributed by atoms with Crippen LogP contribution in [0.15, 0.2) is 23.7 Å². The molecule has 8 nitrogen and oxygen atoms in total. The number of nitrogens with zero attached hydrogens (tertiary/aromatic N) is 3. The Morgan fingerprint density at radius 1 is 1.28 bits per heavy atom. The monoisotopic (exact) mass is 443 g/mol. The Labute approximate surface area is 191 Å². The van der Waals surface area contributed by atoms with Crippen molar-refractivity contribution >= 4 is 23.7 Å². The van der Waals surface area contributed by atoms with Crippen LogP contribution in [0.5, 0.6) is 0 Å². The van der Waals surface area contributed by atoms with Gasteiger partial charge in [0.25, 0.3) is 0 Å². The first-order valence-electron chi connectivity index (χ1n) is 11.9. The Morgan fingerprint density at radius 3 is 2.88 bits per heavy atom. The standard InChI is InChI=1S/C24H37N5O3/c1-4-25-17(3)29-23-22(16(2)27-15-28-23)26-14-13-20-12-11-19(32-20)9-5-7-18-8-6-10-21(18)24(30)31/h14-15,18-21,25H,3-13H2,1-2H3,(H,30,31)(H,27,28,29). The van der Waals surface area contributed by atoms with Crippen molar-refractivity contribution in [3.05, 3.63) is 24.4 Å². The van der Waals surface area contributed by atoms with Gasteiger partial charge in [0, 0.05) is 19.2 Å². The van der Waals surface area contributed by atoms with Gasteiger partial charge in [0.1, 0.15) is 12.0 Å². The molecule has 1 aliphatic carbocycles. The molecule has 0 radical (unpaired) electrons. The van der Waals surface area contributed by atoms with Crippen LogP contribution in [-0.4, -0.2) is 46.0 Å². The molecular formula is C24H37N5O3. The van der Waals surface area contributed by atoms with Crippen LogP contribution in [0.3, 0.4) is 0 Å². The van der Waals surface area contributed by atoms with Crippen LogP contribution in [0.25, 0.3) is 0 Å². The number of anilines is 1. The molecule has 4 unspecified atom stereocenters. The fourth-order valence-corrected chi connectivity index (χ4v) is 4.86. The van der Waals surface area contributed by atoms with Gasteiger partial charge in [-0.3, -0.25) is 9.79 Å². The van der Waals surface area contributed by atoms with Crippen molar-refractivity contribution in [1.82, 2.24) is 15.3 Å². The number of rotatable bonds is 12. The SMILES string of the molecule is C=C(NCC)Nc1ncnc(C)c1N=CCC1CCC(CCCC2CCCC2C(=O)O)O1. The van der Waals surface area contributed by atoms with E-state index in [1.165, 1.54) is 6.33 Å². The van der Waals surface area contributed by atoms with Crippen LogP contribution in [0.2, 0.25) is 0 Å². The molecule has 1 aliphatic heterocycles. The van der Waals surface area contributed by atoms with Crippen LogP contribution in [0.4, 0.5) is 11.5 Å². The van der Waals surface area contributed by atoms with E-state index in [1.807, 2.05) is 20.1 Å². The van der Waals surface area contributed by atoms with Crippen molar-refractivity contribution in [1.29, 1.82) is 0 Å². The smallest absolute Gasteiger partial charge is 0.306 e. The molecule has 0 aromatic carbocycles. The number of aliphatic carboxylic acids is 1. The largest absolute Gasteiger partial charge is 0.481 e. The van der Waals surface area contributed by atoms with E-state index in [1.54, 1.807) is 0 Å². The lowest BCUT2D eigenvalue weighted by atomic mass is 9.90. The molecular weight excluding hydrogens is 406 g/mol. The lowest BCUT2D eigenvalue weighted by molar-refractivity contribution is -0.143. The van der Waals surface area contributed by atoms with Crippen LogP contribution in [0, 0.1) is 18.8 Å². The van der Waals surface area contributed by atoms with Gasteiger partial charge in [0.05, 0.1) is 29.6 Å². The minimum atomic E-state index is -0.618. The molecule has 3 rings (SSSR count). The third-order valence-electron chi connectivity index (χ3n) is 6.53. The number of carbonyl (C=O) groups is 1. The number of carboxylic acid groups (broad SMARTS) is 1. The third-order valence-corrected chi connectivity index (χ3v) is 6.53. The van der Waals surface area contributed by atoms with Gasteiger partial charge >= 0.3 is 5.97 Å². The number of hydrogen-bond acceptors (Lipinski definition) is 7. The highest BCUT2D eigenvalue weighted by Crippen LogP contribution is 2.36. The summed E-state index contributed by atoms with van der Waals surface area (Å²) in [4.78, 5) is 24.5. The molecule has 2 fully saturated rings. The molecule has 2 aliphatic rings. The maximum atomic E-state index is 11.3. The van der Waals surface area contributed by atoms with Gasteiger partial charge < -0.3 is 20.5 Å². The number of ether oxygens (including phenoxy) is 1. The molecule has 2 heterocycles. The van der Waals surface area contributed by atoms with E-state index in [9.17, 15) is 9.90 Å². The summed E-state index contributed by atoms with van der Waals surface area (Å²) in [7, 11) is 0. The first-order chi connectivity index (χ1) is 15.5. The molecule has 1 aromatic heterocycles. The van der Waals surface area contributed by atoms with E-state index in [4.69, 9.17) is 4.74 Å². The van der Waals surface area contributed by atoms with E-state index >= 15 is 0 Å². The van der Waals surface area contributed by atoms with Crippen molar-refractivity contribution in [2.45, 2.75) is 83.8 Å². The fourth-order valence-electron chi connectivity index (χ4n) is 4.86. The summed E-state index contributed by atoms with van der Waals surface area (Å²) in [5.41, 5.74) is 1.52. The lowest BCUT2D eigenvalue weighted by Crippen LogP contribution is -2.19. The first kappa shape index (κ1) is 24.2. The highest BCUT2D eigenvalue weighted by Gasteiger charge is 2.32. The Bertz CT molecular complexity index is 813. The first-order valence-corrected chi connectivity index (χ1v) is 11.9. The van der Waals surface area contributed by atoms with Crippen LogP contribution in [-0.2, 0) is 9.53 Å². The summed E-state index contributed by atoms with van der Waals surface area (Å²) >= 11 is 0. The number of nitrogens with one attached hydrogen (secondary N) is 2. The highest BCUT2D eigenvalue weighted by atomic mass is 16.5. The molecule has 1 saturated carbocycles. The summed E-state index contributed by atoms with van der Waals surface area (Å²) in [6.07, 6.45) is 12.7. The predicted molar refractivity (Wildman–Crippen MR) is 126 cm³/mol. The molecule has 0 bridgehead atoms. The summed E-state index contributed by atoms with van der Waals surface area (Å²) < 4.78 is 6.22. The van der Waals surface area contributed by atoms with Crippen molar-refractivity contribution in [3.8, 4) is 0 Å².